The molecular weight excluding hydrogens is 414 g/mol. The molecule has 0 aliphatic heterocycles. The highest BCUT2D eigenvalue weighted by atomic mass is 19.1. The van der Waals surface area contributed by atoms with Crippen molar-refractivity contribution < 1.29 is 13.6 Å². The van der Waals surface area contributed by atoms with Gasteiger partial charge in [0.1, 0.15) is 18.0 Å². The van der Waals surface area contributed by atoms with E-state index in [9.17, 15) is 13.6 Å². The lowest BCUT2D eigenvalue weighted by Crippen LogP contribution is -2.07. The van der Waals surface area contributed by atoms with Gasteiger partial charge in [-0.25, -0.2) is 18.4 Å². The van der Waals surface area contributed by atoms with E-state index in [2.05, 4.69) is 20.6 Å². The van der Waals surface area contributed by atoms with Gasteiger partial charge >= 0.3 is 0 Å². The number of benzene rings is 3. The molecule has 3 aromatic carbocycles. The second-order valence-corrected chi connectivity index (χ2v) is 7.21. The molecule has 0 spiro atoms. The van der Waals surface area contributed by atoms with Crippen LogP contribution < -0.4 is 5.32 Å². The Morgan fingerprint density at radius 1 is 1.00 bits per heavy atom. The SMILES string of the molecule is CC(=O)Nc1cc(-c2ccc(F)cc2F)cc(-n2cnc3cc(-n4ccnn4)ccc32)c1. The number of rotatable bonds is 4. The van der Waals surface area contributed by atoms with Gasteiger partial charge in [-0.05, 0) is 54.1 Å². The zero-order valence-corrected chi connectivity index (χ0v) is 16.8. The van der Waals surface area contributed by atoms with Gasteiger partial charge in [-0.2, -0.15) is 0 Å². The van der Waals surface area contributed by atoms with Crippen molar-refractivity contribution in [2.75, 3.05) is 5.32 Å². The summed E-state index contributed by atoms with van der Waals surface area (Å²) in [5, 5.41) is 10.5. The van der Waals surface area contributed by atoms with E-state index in [4.69, 9.17) is 0 Å². The Hall–Kier alpha value is -4.40. The van der Waals surface area contributed by atoms with Crippen LogP contribution in [0.4, 0.5) is 14.5 Å². The third kappa shape index (κ3) is 3.60. The minimum absolute atomic E-state index is 0.220. The molecule has 0 saturated carbocycles. The van der Waals surface area contributed by atoms with Gasteiger partial charge in [0.25, 0.3) is 0 Å². The van der Waals surface area contributed by atoms with Crippen LogP contribution in [0.1, 0.15) is 6.92 Å². The van der Waals surface area contributed by atoms with E-state index >= 15 is 0 Å². The van der Waals surface area contributed by atoms with Crippen molar-refractivity contribution in [1.29, 1.82) is 0 Å². The van der Waals surface area contributed by atoms with E-state index in [1.54, 1.807) is 41.6 Å². The number of fused-ring (bicyclic) bond motifs is 1. The molecule has 0 aliphatic carbocycles. The summed E-state index contributed by atoms with van der Waals surface area (Å²) in [6.45, 7) is 1.39. The summed E-state index contributed by atoms with van der Waals surface area (Å²) in [5.41, 5.74) is 4.18. The molecule has 0 atom stereocenters. The number of hydrogen-bond acceptors (Lipinski definition) is 4. The third-order valence-corrected chi connectivity index (χ3v) is 4.98. The Morgan fingerprint density at radius 2 is 1.88 bits per heavy atom. The number of nitrogens with one attached hydrogen (secondary N) is 1. The Kier molecular flexibility index (Phi) is 4.70. The van der Waals surface area contributed by atoms with Crippen molar-refractivity contribution in [3.05, 3.63) is 85.0 Å². The molecule has 9 heteroatoms. The number of nitrogens with zero attached hydrogens (tertiary/aromatic N) is 5. The number of amides is 1. The highest BCUT2D eigenvalue weighted by Crippen LogP contribution is 2.31. The second kappa shape index (κ2) is 7.69. The zero-order chi connectivity index (χ0) is 22.2. The predicted molar refractivity (Wildman–Crippen MR) is 116 cm³/mol. The predicted octanol–water partition coefficient (Wildman–Crippen LogP) is 4.51. The van der Waals surface area contributed by atoms with Gasteiger partial charge in [0, 0.05) is 29.9 Å². The summed E-state index contributed by atoms with van der Waals surface area (Å²) in [6, 6.07) is 14.2. The second-order valence-electron chi connectivity index (χ2n) is 7.21. The molecule has 0 aliphatic rings. The van der Waals surface area contributed by atoms with Crippen LogP contribution in [-0.2, 0) is 4.79 Å². The molecule has 5 rings (SSSR count). The average Bonchev–Trinajstić information content (AvgIpc) is 3.42. The van der Waals surface area contributed by atoms with Crippen LogP contribution >= 0.6 is 0 Å². The molecule has 0 bridgehead atoms. The quantitative estimate of drug-likeness (QED) is 0.455. The van der Waals surface area contributed by atoms with E-state index in [-0.39, 0.29) is 11.5 Å². The number of halogens is 2. The average molecular weight is 430 g/mol. The molecular formula is C23H16F2N6O. The monoisotopic (exact) mass is 430 g/mol. The van der Waals surface area contributed by atoms with Crippen LogP contribution in [0.15, 0.2) is 73.3 Å². The van der Waals surface area contributed by atoms with Crippen molar-refractivity contribution in [1.82, 2.24) is 24.5 Å². The summed E-state index contributed by atoms with van der Waals surface area (Å²) in [5.74, 6) is -1.61. The van der Waals surface area contributed by atoms with E-state index in [1.165, 1.54) is 19.1 Å². The van der Waals surface area contributed by atoms with Crippen LogP contribution in [0.25, 0.3) is 33.5 Å². The molecule has 5 aromatic rings. The highest BCUT2D eigenvalue weighted by molar-refractivity contribution is 5.90. The first-order valence-electron chi connectivity index (χ1n) is 9.70. The number of aromatic nitrogens is 5. The number of carbonyl (C=O) groups is 1. The van der Waals surface area contributed by atoms with Crippen molar-refractivity contribution >= 4 is 22.6 Å². The summed E-state index contributed by atoms with van der Waals surface area (Å²) in [7, 11) is 0. The molecule has 158 valence electrons. The molecule has 0 radical (unpaired) electrons. The Morgan fingerprint density at radius 3 is 2.62 bits per heavy atom. The molecule has 32 heavy (non-hydrogen) atoms. The Labute approximate surface area is 180 Å². The maximum absolute atomic E-state index is 14.5. The van der Waals surface area contributed by atoms with Gasteiger partial charge in [0.2, 0.25) is 5.91 Å². The van der Waals surface area contributed by atoms with E-state index in [1.807, 2.05) is 22.8 Å². The molecule has 0 saturated heterocycles. The Balaban J connectivity index is 1.65. The first-order valence-corrected chi connectivity index (χ1v) is 9.70. The summed E-state index contributed by atoms with van der Waals surface area (Å²) < 4.78 is 31.3. The van der Waals surface area contributed by atoms with Crippen LogP contribution in [0.3, 0.4) is 0 Å². The number of imidazole rings is 1. The van der Waals surface area contributed by atoms with Gasteiger partial charge in [-0.1, -0.05) is 5.21 Å². The van der Waals surface area contributed by atoms with E-state index < -0.39 is 11.6 Å². The molecule has 2 aromatic heterocycles. The van der Waals surface area contributed by atoms with E-state index in [0.717, 1.165) is 22.8 Å². The van der Waals surface area contributed by atoms with Gasteiger partial charge in [-0.15, -0.1) is 5.10 Å². The lowest BCUT2D eigenvalue weighted by molar-refractivity contribution is -0.114. The van der Waals surface area contributed by atoms with Gasteiger partial charge in [-0.3, -0.25) is 9.36 Å². The molecule has 2 heterocycles. The van der Waals surface area contributed by atoms with Crippen molar-refractivity contribution in [3.63, 3.8) is 0 Å². The maximum atomic E-state index is 14.5. The molecule has 0 fully saturated rings. The third-order valence-electron chi connectivity index (χ3n) is 4.98. The van der Waals surface area contributed by atoms with Crippen LogP contribution in [-0.4, -0.2) is 30.5 Å². The first kappa shape index (κ1) is 19.6. The minimum Gasteiger partial charge on any atom is -0.326 e. The minimum atomic E-state index is -0.691. The molecule has 1 N–H and O–H groups in total. The van der Waals surface area contributed by atoms with Gasteiger partial charge in [0.15, 0.2) is 0 Å². The van der Waals surface area contributed by atoms with Crippen LogP contribution in [0.2, 0.25) is 0 Å². The standard InChI is InChI=1S/C23H16F2N6O/c1-14(32)28-17-8-15(20-4-2-16(24)10-21(20)25)9-19(11-17)30-13-26-22-12-18(3-5-23(22)30)31-7-6-27-29-31/h2-13H,1H3,(H,28,32). The molecule has 1 amide bonds. The van der Waals surface area contributed by atoms with Crippen molar-refractivity contribution in [2.45, 2.75) is 6.92 Å². The normalized spacial score (nSPS) is 11.1. The number of anilines is 1. The van der Waals surface area contributed by atoms with Crippen molar-refractivity contribution in [2.24, 2.45) is 0 Å². The largest absolute Gasteiger partial charge is 0.326 e. The number of carbonyl (C=O) groups excluding carboxylic acids is 1. The first-order chi connectivity index (χ1) is 15.5. The Bertz CT molecular complexity index is 1460. The fraction of sp³-hybridized carbons (Fsp3) is 0.0435. The molecule has 7 nitrogen and oxygen atoms in total. The van der Waals surface area contributed by atoms with Gasteiger partial charge < -0.3 is 5.32 Å². The summed E-state index contributed by atoms with van der Waals surface area (Å²) in [6.07, 6.45) is 4.97. The van der Waals surface area contributed by atoms with Crippen LogP contribution in [0, 0.1) is 11.6 Å². The summed E-state index contributed by atoms with van der Waals surface area (Å²) >= 11 is 0. The van der Waals surface area contributed by atoms with Crippen LogP contribution in [0.5, 0.6) is 0 Å². The smallest absolute Gasteiger partial charge is 0.221 e. The van der Waals surface area contributed by atoms with Crippen molar-refractivity contribution in [3.8, 4) is 22.5 Å². The summed E-state index contributed by atoms with van der Waals surface area (Å²) in [4.78, 5) is 16.1. The lowest BCUT2D eigenvalue weighted by Gasteiger charge is -2.13. The fourth-order valence-corrected chi connectivity index (χ4v) is 3.60. The van der Waals surface area contributed by atoms with E-state index in [0.29, 0.717) is 16.9 Å². The highest BCUT2D eigenvalue weighted by Gasteiger charge is 2.13. The lowest BCUT2D eigenvalue weighted by atomic mass is 10.0. The fourth-order valence-electron chi connectivity index (χ4n) is 3.60. The topological polar surface area (TPSA) is 77.6 Å². The maximum Gasteiger partial charge on any atom is 0.221 e. The number of hydrogen-bond donors (Lipinski definition) is 1. The van der Waals surface area contributed by atoms with Gasteiger partial charge in [0.05, 0.1) is 29.1 Å². The molecule has 0 unspecified atom stereocenters. The zero-order valence-electron chi connectivity index (χ0n) is 16.8.